The Hall–Kier alpha value is -5.84. The molecule has 2 nitrogen and oxygen atoms in total. The van der Waals surface area contributed by atoms with Gasteiger partial charge in [0.2, 0.25) is 0 Å². The van der Waals surface area contributed by atoms with Crippen LogP contribution in [0.25, 0.3) is 64.5 Å². The van der Waals surface area contributed by atoms with Gasteiger partial charge in [0.1, 0.15) is 0 Å². The molecule has 0 spiro atoms. The molecule has 5 aliphatic rings. The molecule has 0 radical (unpaired) electrons. The van der Waals surface area contributed by atoms with Crippen LogP contribution >= 0.6 is 11.3 Å². The lowest BCUT2D eigenvalue weighted by molar-refractivity contribution is 0.332. The van der Waals surface area contributed by atoms with Gasteiger partial charge in [-0.3, -0.25) is 0 Å². The lowest BCUT2D eigenvalue weighted by Gasteiger charge is -2.46. The van der Waals surface area contributed by atoms with Crippen LogP contribution in [0.15, 0.2) is 121 Å². The first-order chi connectivity index (χ1) is 30.2. The average molecular weight is 831 g/mol. The summed E-state index contributed by atoms with van der Waals surface area (Å²) < 4.78 is 5.59. The Morgan fingerprint density at radius 2 is 1.16 bits per heavy atom. The van der Waals surface area contributed by atoms with Gasteiger partial charge in [0, 0.05) is 75.8 Å². The molecule has 14 rings (SSSR count). The van der Waals surface area contributed by atoms with Crippen LogP contribution in [-0.4, -0.2) is 11.3 Å². The Balaban J connectivity index is 1.21. The van der Waals surface area contributed by atoms with E-state index in [2.05, 4.69) is 193 Å². The zero-order chi connectivity index (χ0) is 42.9. The molecule has 0 N–H and O–H groups in total. The highest BCUT2D eigenvalue weighted by molar-refractivity contribution is 7.26. The van der Waals surface area contributed by atoms with E-state index in [0.29, 0.717) is 0 Å². The van der Waals surface area contributed by atoms with Crippen molar-refractivity contribution in [3.05, 3.63) is 160 Å². The largest absolute Gasteiger partial charge is 0.378 e. The second kappa shape index (κ2) is 11.5. The number of hydrogen-bond acceptors (Lipinski definition) is 2. The van der Waals surface area contributed by atoms with Gasteiger partial charge in [0.05, 0.1) is 0 Å². The van der Waals surface area contributed by atoms with E-state index in [1.54, 1.807) is 0 Å². The predicted molar refractivity (Wildman–Crippen MR) is 271 cm³/mol. The van der Waals surface area contributed by atoms with Crippen molar-refractivity contribution in [3.63, 3.8) is 0 Å². The third-order valence-electron chi connectivity index (χ3n) is 16.9. The normalized spacial score (nSPS) is 18.2. The van der Waals surface area contributed by atoms with Gasteiger partial charge in [-0.25, -0.2) is 0 Å². The molecule has 63 heavy (non-hydrogen) atoms. The molecule has 0 saturated carbocycles. The molecule has 2 aromatic heterocycles. The highest BCUT2D eigenvalue weighted by Gasteiger charge is 2.53. The van der Waals surface area contributed by atoms with Crippen molar-refractivity contribution in [1.29, 1.82) is 0 Å². The Labute approximate surface area is 375 Å². The van der Waals surface area contributed by atoms with Crippen molar-refractivity contribution in [1.82, 2.24) is 4.48 Å². The predicted octanol–water partition coefficient (Wildman–Crippen LogP) is 14.7. The summed E-state index contributed by atoms with van der Waals surface area (Å²) in [6.07, 6.45) is 2.38. The van der Waals surface area contributed by atoms with E-state index in [4.69, 9.17) is 0 Å². The minimum absolute atomic E-state index is 0.0455. The van der Waals surface area contributed by atoms with Gasteiger partial charge in [-0.05, 0) is 121 Å². The number of anilines is 3. The number of aryl methyl sites for hydroxylation is 1. The molecule has 4 heterocycles. The van der Waals surface area contributed by atoms with Crippen molar-refractivity contribution in [2.45, 2.75) is 96.8 Å². The Morgan fingerprint density at radius 1 is 0.508 bits per heavy atom. The molecule has 0 atom stereocenters. The molecule has 7 aromatic carbocycles. The summed E-state index contributed by atoms with van der Waals surface area (Å²) in [5.41, 5.74) is 26.5. The minimum Gasteiger partial charge on any atom is -0.378 e. The molecular weight excluding hydrogens is 780 g/mol. The van der Waals surface area contributed by atoms with Gasteiger partial charge in [-0.15, -0.1) is 11.3 Å². The smallest absolute Gasteiger partial charge is 0.333 e. The van der Waals surface area contributed by atoms with Gasteiger partial charge in [-0.1, -0.05) is 152 Å². The first-order valence-corrected chi connectivity index (χ1v) is 24.0. The summed E-state index contributed by atoms with van der Waals surface area (Å²) in [6.45, 7) is 22.2. The fourth-order valence-electron chi connectivity index (χ4n) is 13.8. The van der Waals surface area contributed by atoms with Crippen LogP contribution in [0.3, 0.4) is 0 Å². The van der Waals surface area contributed by atoms with E-state index in [1.807, 2.05) is 11.3 Å². The van der Waals surface area contributed by atoms with Crippen LogP contribution in [0, 0.1) is 6.92 Å². The second-order valence-corrected chi connectivity index (χ2v) is 23.0. The first-order valence-electron chi connectivity index (χ1n) is 23.2. The van der Waals surface area contributed by atoms with Crippen molar-refractivity contribution >= 4 is 77.2 Å². The molecule has 0 amide bonds. The van der Waals surface area contributed by atoms with E-state index >= 15 is 0 Å². The average Bonchev–Trinajstić information content (AvgIpc) is 3.96. The molecule has 0 unspecified atom stereocenters. The summed E-state index contributed by atoms with van der Waals surface area (Å²) in [5, 5.41) is 4.14. The maximum Gasteiger partial charge on any atom is 0.333 e. The monoisotopic (exact) mass is 830 g/mol. The van der Waals surface area contributed by atoms with Gasteiger partial charge in [-0.2, -0.15) is 0 Å². The summed E-state index contributed by atoms with van der Waals surface area (Å²) >= 11 is 1.96. The van der Waals surface area contributed by atoms with Crippen LogP contribution in [0.5, 0.6) is 0 Å². The van der Waals surface area contributed by atoms with Crippen LogP contribution in [-0.2, 0) is 21.7 Å². The quantitative estimate of drug-likeness (QED) is 0.150. The fraction of sp³-hybridized carbons (Fsp3) is 0.254. The highest BCUT2D eigenvalue weighted by atomic mass is 32.1. The number of thiophene rings is 1. The van der Waals surface area contributed by atoms with Crippen LogP contribution in [0.4, 0.5) is 17.1 Å². The topological polar surface area (TPSA) is 8.17 Å². The summed E-state index contributed by atoms with van der Waals surface area (Å²) in [7, 11) is 0. The molecule has 9 aromatic rings. The van der Waals surface area contributed by atoms with Gasteiger partial charge < -0.3 is 9.38 Å². The molecule has 0 saturated heterocycles. The lowest BCUT2D eigenvalue weighted by atomic mass is 9.42. The Bertz CT molecular complexity index is 3610. The second-order valence-electron chi connectivity index (χ2n) is 21.9. The molecule has 0 fully saturated rings. The van der Waals surface area contributed by atoms with E-state index in [0.717, 1.165) is 0 Å². The summed E-state index contributed by atoms with van der Waals surface area (Å²) in [5.74, 6) is 0. The third kappa shape index (κ3) is 4.24. The minimum atomic E-state index is -0.221. The van der Waals surface area contributed by atoms with E-state index in [1.165, 1.54) is 144 Å². The Morgan fingerprint density at radius 3 is 1.94 bits per heavy atom. The number of rotatable bonds is 1. The first kappa shape index (κ1) is 36.6. The standard InChI is InChI=1S/C59H51BN2S/c1-32-29-41-42(57(4,5)28-27-56(41,2)3)30-44(32)61-43-26-25-34-33-17-10-13-22-39(33)58(6,7)51(34)53(43)60-52-45(61)31-47-49(36-19-12-15-24-46(36)63-47)50(52)38-21-16-20-37-48-35-18-11-14-23-40(35)59(8,9)55(48)62(60)54(37)38/h10-26,29-31H,27-28H2,1-9H3. The van der Waals surface area contributed by atoms with E-state index < -0.39 is 0 Å². The zero-order valence-electron chi connectivity index (χ0n) is 37.8. The van der Waals surface area contributed by atoms with Crippen molar-refractivity contribution < 1.29 is 0 Å². The Kier molecular flexibility index (Phi) is 6.66. The molecule has 3 aliphatic carbocycles. The number of benzene rings is 7. The maximum atomic E-state index is 2.88. The van der Waals surface area contributed by atoms with Gasteiger partial charge in [0.25, 0.3) is 0 Å². The van der Waals surface area contributed by atoms with E-state index in [9.17, 15) is 0 Å². The zero-order valence-corrected chi connectivity index (χ0v) is 38.7. The number of para-hydroxylation sites is 1. The number of nitrogens with zero attached hydrogens (tertiary/aromatic N) is 2. The SMILES string of the molecule is Cc1cc2c(cc1N1c3ccc4c(c3B3c5c1cc1sc6ccccc6c1c5-c1cccc5c6c(n3c15)C(C)(C)c1ccccc1-6)C(C)(C)c1ccccc1-4)C(C)(C)CCC2(C)C. The van der Waals surface area contributed by atoms with Crippen LogP contribution < -0.4 is 15.8 Å². The fourth-order valence-corrected chi connectivity index (χ4v) is 15.0. The van der Waals surface area contributed by atoms with E-state index in [-0.39, 0.29) is 28.5 Å². The number of fused-ring (bicyclic) bond motifs is 18. The molecular formula is C59H51BN2S. The van der Waals surface area contributed by atoms with Gasteiger partial charge in [0.15, 0.2) is 0 Å². The lowest BCUT2D eigenvalue weighted by Crippen LogP contribution is -2.59. The third-order valence-corrected chi connectivity index (χ3v) is 18.0. The van der Waals surface area contributed by atoms with Gasteiger partial charge >= 0.3 is 6.85 Å². The molecule has 4 heteroatoms. The maximum absolute atomic E-state index is 2.88. The van der Waals surface area contributed by atoms with Crippen molar-refractivity contribution in [3.8, 4) is 33.4 Å². The summed E-state index contributed by atoms with van der Waals surface area (Å²) in [6, 6.07) is 47.7. The summed E-state index contributed by atoms with van der Waals surface area (Å²) in [4.78, 5) is 2.75. The van der Waals surface area contributed by atoms with Crippen molar-refractivity contribution in [2.24, 2.45) is 0 Å². The van der Waals surface area contributed by atoms with Crippen LogP contribution in [0.1, 0.15) is 107 Å². The van der Waals surface area contributed by atoms with Crippen molar-refractivity contribution in [2.75, 3.05) is 4.90 Å². The molecule has 0 bridgehead atoms. The number of hydrogen-bond donors (Lipinski definition) is 0. The highest BCUT2D eigenvalue weighted by Crippen LogP contribution is 2.59. The molecule has 306 valence electrons. The number of aromatic nitrogens is 1. The molecule has 2 aliphatic heterocycles. The van der Waals surface area contributed by atoms with Crippen LogP contribution in [0.2, 0.25) is 0 Å².